The Balaban J connectivity index is 2.62. The number of aliphatic carboxylic acids is 1. The van der Waals surface area contributed by atoms with Crippen LogP contribution < -0.4 is 0 Å². The third-order valence-electron chi connectivity index (χ3n) is 2.71. The normalized spacial score (nSPS) is 12.6. The maximum atomic E-state index is 10.7. The number of aliphatic hydroxyl groups excluding tert-OH is 1. The molecular weight excluding hydrogens is 218 g/mol. The molecule has 4 nitrogen and oxygen atoms in total. The molecule has 2 N–H and O–H groups in total. The Morgan fingerprint density at radius 3 is 2.53 bits per heavy atom. The predicted octanol–water partition coefficient (Wildman–Crippen LogP) is 1.34. The highest BCUT2D eigenvalue weighted by Crippen LogP contribution is 2.10. The summed E-state index contributed by atoms with van der Waals surface area (Å²) in [4.78, 5) is 12.7. The molecule has 0 saturated carbocycles. The summed E-state index contributed by atoms with van der Waals surface area (Å²) in [6.45, 7) is 3.06. The van der Waals surface area contributed by atoms with Crippen LogP contribution in [0.4, 0.5) is 0 Å². The Morgan fingerprint density at radius 1 is 1.35 bits per heavy atom. The van der Waals surface area contributed by atoms with E-state index in [1.807, 2.05) is 42.2 Å². The van der Waals surface area contributed by atoms with Crippen molar-refractivity contribution in [3.05, 3.63) is 35.9 Å². The van der Waals surface area contributed by atoms with Gasteiger partial charge in [0.25, 0.3) is 0 Å². The van der Waals surface area contributed by atoms with Crippen LogP contribution in [0.1, 0.15) is 18.9 Å². The fraction of sp³-hybridized carbons (Fsp3) is 0.462. The summed E-state index contributed by atoms with van der Waals surface area (Å²) in [6, 6.07) is 9.76. The lowest BCUT2D eigenvalue weighted by atomic mass is 10.1. The number of carboxylic acid groups (broad SMARTS) is 1. The van der Waals surface area contributed by atoms with Gasteiger partial charge in [0, 0.05) is 19.1 Å². The zero-order valence-electron chi connectivity index (χ0n) is 10.0. The first-order valence-corrected chi connectivity index (χ1v) is 5.74. The van der Waals surface area contributed by atoms with E-state index in [1.54, 1.807) is 0 Å². The van der Waals surface area contributed by atoms with Crippen molar-refractivity contribution in [1.82, 2.24) is 4.90 Å². The summed E-state index contributed by atoms with van der Waals surface area (Å²) in [5.74, 6) is -0.812. The number of hydrogen-bond acceptors (Lipinski definition) is 3. The molecule has 0 spiro atoms. The molecular formula is C13H19NO3. The Morgan fingerprint density at radius 2 is 2.00 bits per heavy atom. The third kappa shape index (κ3) is 4.97. The fourth-order valence-electron chi connectivity index (χ4n) is 1.78. The topological polar surface area (TPSA) is 60.8 Å². The van der Waals surface area contributed by atoms with Crippen LogP contribution in [0.25, 0.3) is 0 Å². The molecule has 4 heteroatoms. The molecule has 0 aliphatic carbocycles. The average Bonchev–Trinajstić information content (AvgIpc) is 2.29. The number of nitrogens with zero attached hydrogens (tertiary/aromatic N) is 1. The van der Waals surface area contributed by atoms with E-state index in [-0.39, 0.29) is 19.1 Å². The molecule has 1 unspecified atom stereocenters. The number of carbonyl (C=O) groups is 1. The van der Waals surface area contributed by atoms with Gasteiger partial charge >= 0.3 is 5.97 Å². The van der Waals surface area contributed by atoms with Crippen molar-refractivity contribution in [2.75, 3.05) is 13.2 Å². The minimum Gasteiger partial charge on any atom is -0.481 e. The molecule has 0 radical (unpaired) electrons. The Labute approximate surface area is 101 Å². The van der Waals surface area contributed by atoms with Gasteiger partial charge in [0.2, 0.25) is 0 Å². The van der Waals surface area contributed by atoms with E-state index >= 15 is 0 Å². The maximum Gasteiger partial charge on any atom is 0.304 e. The van der Waals surface area contributed by atoms with Gasteiger partial charge in [0.05, 0.1) is 13.0 Å². The van der Waals surface area contributed by atoms with E-state index in [1.165, 1.54) is 0 Å². The zero-order chi connectivity index (χ0) is 12.7. The lowest BCUT2D eigenvalue weighted by Crippen LogP contribution is -2.36. The van der Waals surface area contributed by atoms with Gasteiger partial charge in [0.1, 0.15) is 0 Å². The number of rotatable bonds is 7. The Kier molecular flexibility index (Phi) is 5.66. The smallest absolute Gasteiger partial charge is 0.304 e. The highest BCUT2D eigenvalue weighted by Gasteiger charge is 2.16. The van der Waals surface area contributed by atoms with E-state index in [2.05, 4.69) is 0 Å². The molecule has 0 heterocycles. The van der Waals surface area contributed by atoms with E-state index in [4.69, 9.17) is 10.2 Å². The number of aliphatic hydroxyl groups is 1. The summed E-state index contributed by atoms with van der Waals surface area (Å²) in [6.07, 6.45) is 0.0901. The molecule has 94 valence electrons. The standard InChI is InChI=1S/C13H19NO3/c1-11(9-13(16)17)14(7-8-15)10-12-5-3-2-4-6-12/h2-6,11,15H,7-10H2,1H3,(H,16,17). The van der Waals surface area contributed by atoms with Crippen LogP contribution in [-0.2, 0) is 11.3 Å². The molecule has 0 aromatic heterocycles. The second-order valence-electron chi connectivity index (χ2n) is 4.13. The van der Waals surface area contributed by atoms with Crippen molar-refractivity contribution in [3.8, 4) is 0 Å². The van der Waals surface area contributed by atoms with Gasteiger partial charge in [-0.2, -0.15) is 0 Å². The summed E-state index contributed by atoms with van der Waals surface area (Å²) in [7, 11) is 0. The van der Waals surface area contributed by atoms with Gasteiger partial charge in [-0.15, -0.1) is 0 Å². The summed E-state index contributed by atoms with van der Waals surface area (Å²) in [5, 5.41) is 17.8. The Bertz CT molecular complexity index is 340. The molecule has 0 aliphatic rings. The van der Waals surface area contributed by atoms with Crippen molar-refractivity contribution in [2.24, 2.45) is 0 Å². The van der Waals surface area contributed by atoms with Gasteiger partial charge in [-0.3, -0.25) is 9.69 Å². The quantitative estimate of drug-likeness (QED) is 0.751. The molecule has 0 amide bonds. The van der Waals surface area contributed by atoms with Crippen molar-refractivity contribution in [3.63, 3.8) is 0 Å². The van der Waals surface area contributed by atoms with E-state index < -0.39 is 5.97 Å². The first-order valence-electron chi connectivity index (χ1n) is 5.74. The fourth-order valence-corrected chi connectivity index (χ4v) is 1.78. The highest BCUT2D eigenvalue weighted by molar-refractivity contribution is 5.67. The third-order valence-corrected chi connectivity index (χ3v) is 2.71. The summed E-state index contributed by atoms with van der Waals surface area (Å²) >= 11 is 0. The highest BCUT2D eigenvalue weighted by atomic mass is 16.4. The molecule has 0 fully saturated rings. The van der Waals surface area contributed by atoms with E-state index in [0.717, 1.165) is 5.56 Å². The van der Waals surface area contributed by atoms with Crippen molar-refractivity contribution >= 4 is 5.97 Å². The van der Waals surface area contributed by atoms with Crippen molar-refractivity contribution < 1.29 is 15.0 Å². The van der Waals surface area contributed by atoms with E-state index in [9.17, 15) is 4.79 Å². The van der Waals surface area contributed by atoms with E-state index in [0.29, 0.717) is 13.1 Å². The molecule has 0 bridgehead atoms. The molecule has 0 saturated heterocycles. The average molecular weight is 237 g/mol. The molecule has 1 aromatic rings. The van der Waals surface area contributed by atoms with Gasteiger partial charge in [-0.05, 0) is 12.5 Å². The lowest BCUT2D eigenvalue weighted by Gasteiger charge is -2.27. The second kappa shape index (κ2) is 7.04. The van der Waals surface area contributed by atoms with Gasteiger partial charge in [-0.1, -0.05) is 30.3 Å². The molecule has 1 atom stereocenters. The Hall–Kier alpha value is -1.39. The SMILES string of the molecule is CC(CC(=O)O)N(CCO)Cc1ccccc1. The van der Waals surface area contributed by atoms with Gasteiger partial charge < -0.3 is 10.2 Å². The van der Waals surface area contributed by atoms with Crippen LogP contribution in [0.15, 0.2) is 30.3 Å². The molecule has 1 rings (SSSR count). The van der Waals surface area contributed by atoms with Crippen LogP contribution in [0.2, 0.25) is 0 Å². The van der Waals surface area contributed by atoms with Crippen LogP contribution in [0.3, 0.4) is 0 Å². The number of carboxylic acids is 1. The molecule has 1 aromatic carbocycles. The largest absolute Gasteiger partial charge is 0.481 e. The first kappa shape index (κ1) is 13.7. The summed E-state index contributed by atoms with van der Waals surface area (Å²) in [5.41, 5.74) is 1.12. The summed E-state index contributed by atoms with van der Waals surface area (Å²) < 4.78 is 0. The number of hydrogen-bond donors (Lipinski definition) is 2. The van der Waals surface area contributed by atoms with Crippen molar-refractivity contribution in [2.45, 2.75) is 25.9 Å². The van der Waals surface area contributed by atoms with Crippen LogP contribution in [0.5, 0.6) is 0 Å². The number of benzene rings is 1. The predicted molar refractivity (Wildman–Crippen MR) is 65.7 cm³/mol. The van der Waals surface area contributed by atoms with Crippen LogP contribution in [-0.4, -0.2) is 40.3 Å². The first-order chi connectivity index (χ1) is 8.13. The minimum atomic E-state index is -0.812. The lowest BCUT2D eigenvalue weighted by molar-refractivity contribution is -0.138. The minimum absolute atomic E-state index is 0.0385. The van der Waals surface area contributed by atoms with Gasteiger partial charge in [0.15, 0.2) is 0 Å². The zero-order valence-corrected chi connectivity index (χ0v) is 10.0. The van der Waals surface area contributed by atoms with Crippen LogP contribution >= 0.6 is 0 Å². The van der Waals surface area contributed by atoms with Crippen LogP contribution in [0, 0.1) is 0 Å². The van der Waals surface area contributed by atoms with Gasteiger partial charge in [-0.25, -0.2) is 0 Å². The molecule has 0 aliphatic heterocycles. The molecule has 17 heavy (non-hydrogen) atoms. The monoisotopic (exact) mass is 237 g/mol. The van der Waals surface area contributed by atoms with Crippen molar-refractivity contribution in [1.29, 1.82) is 0 Å². The second-order valence-corrected chi connectivity index (χ2v) is 4.13. The maximum absolute atomic E-state index is 10.7.